The van der Waals surface area contributed by atoms with Gasteiger partial charge in [-0.3, -0.25) is 0 Å². The number of carbonyl (C=O) groups is 2. The summed E-state index contributed by atoms with van der Waals surface area (Å²) in [6.07, 6.45) is 2.01. The Kier molecular flexibility index (Phi) is 3.99. The second-order valence-electron chi connectivity index (χ2n) is 5.55. The molecule has 20 heavy (non-hydrogen) atoms. The second kappa shape index (κ2) is 5.40. The predicted octanol–water partition coefficient (Wildman–Crippen LogP) is 2.23. The van der Waals surface area contributed by atoms with E-state index in [1.165, 1.54) is 0 Å². The Morgan fingerprint density at radius 1 is 1.50 bits per heavy atom. The highest BCUT2D eigenvalue weighted by molar-refractivity contribution is 7.13. The van der Waals surface area contributed by atoms with Crippen molar-refractivity contribution in [1.29, 1.82) is 0 Å². The van der Waals surface area contributed by atoms with Gasteiger partial charge in [-0.25, -0.2) is 14.6 Å². The normalized spacial score (nSPS) is 17.2. The van der Waals surface area contributed by atoms with Crippen LogP contribution in [0.1, 0.15) is 47.1 Å². The lowest BCUT2D eigenvalue weighted by Crippen LogP contribution is -2.47. The molecule has 0 aromatic carbocycles. The topological polar surface area (TPSA) is 82.5 Å². The molecule has 1 aliphatic heterocycles. The van der Waals surface area contributed by atoms with Crippen LogP contribution in [0.5, 0.6) is 0 Å². The maximum atomic E-state index is 12.1. The highest BCUT2D eigenvalue weighted by Gasteiger charge is 2.35. The number of likely N-dealkylation sites (tertiary alicyclic amines) is 1. The fraction of sp³-hybridized carbons (Fsp3) is 0.615. The van der Waals surface area contributed by atoms with E-state index in [0.29, 0.717) is 10.7 Å². The van der Waals surface area contributed by atoms with E-state index in [0.717, 1.165) is 30.7 Å². The van der Waals surface area contributed by atoms with Crippen LogP contribution in [-0.4, -0.2) is 39.1 Å². The summed E-state index contributed by atoms with van der Waals surface area (Å²) in [5, 5.41) is 12.4. The Hall–Kier alpha value is -1.63. The molecule has 0 atom stereocenters. The number of carbonyl (C=O) groups excluding carboxylic acids is 1. The van der Waals surface area contributed by atoms with Gasteiger partial charge in [-0.1, -0.05) is 0 Å². The van der Waals surface area contributed by atoms with Gasteiger partial charge in [0.15, 0.2) is 0 Å². The summed E-state index contributed by atoms with van der Waals surface area (Å²) in [6.45, 7) is 6.79. The molecule has 6 nitrogen and oxygen atoms in total. The average molecular weight is 297 g/mol. The zero-order valence-corrected chi connectivity index (χ0v) is 12.7. The van der Waals surface area contributed by atoms with E-state index in [4.69, 9.17) is 5.11 Å². The SMILES string of the molecule is Cc1nc(CNC(=O)N2CCCC2(C)C)sc1C(=O)O. The number of urea groups is 1. The molecule has 110 valence electrons. The third-order valence-corrected chi connectivity index (χ3v) is 4.72. The summed E-state index contributed by atoms with van der Waals surface area (Å²) in [5.41, 5.74) is 0.378. The maximum absolute atomic E-state index is 12.1. The monoisotopic (exact) mass is 297 g/mol. The number of nitrogens with one attached hydrogen (secondary N) is 1. The highest BCUT2D eigenvalue weighted by Crippen LogP contribution is 2.28. The van der Waals surface area contributed by atoms with Crippen LogP contribution >= 0.6 is 11.3 Å². The van der Waals surface area contributed by atoms with Crippen molar-refractivity contribution in [2.45, 2.75) is 45.7 Å². The number of carboxylic acid groups (broad SMARTS) is 1. The number of hydrogen-bond donors (Lipinski definition) is 2. The van der Waals surface area contributed by atoms with Crippen LogP contribution in [0, 0.1) is 6.92 Å². The van der Waals surface area contributed by atoms with E-state index < -0.39 is 5.97 Å². The third kappa shape index (κ3) is 2.92. The summed E-state index contributed by atoms with van der Waals surface area (Å²) in [7, 11) is 0. The number of thiazole rings is 1. The third-order valence-electron chi connectivity index (χ3n) is 3.57. The van der Waals surface area contributed by atoms with Gasteiger partial charge in [0.2, 0.25) is 0 Å². The molecular formula is C13H19N3O3S. The fourth-order valence-electron chi connectivity index (χ4n) is 2.46. The van der Waals surface area contributed by atoms with Crippen molar-refractivity contribution in [2.24, 2.45) is 0 Å². The molecule has 2 amide bonds. The Morgan fingerprint density at radius 2 is 2.20 bits per heavy atom. The first-order chi connectivity index (χ1) is 9.31. The minimum atomic E-state index is -0.974. The molecule has 1 aromatic heterocycles. The van der Waals surface area contributed by atoms with E-state index in [2.05, 4.69) is 24.1 Å². The van der Waals surface area contributed by atoms with Gasteiger partial charge in [0.25, 0.3) is 0 Å². The number of nitrogens with zero attached hydrogens (tertiary/aromatic N) is 2. The van der Waals surface area contributed by atoms with Crippen molar-refractivity contribution >= 4 is 23.3 Å². The summed E-state index contributed by atoms with van der Waals surface area (Å²) < 4.78 is 0. The Balaban J connectivity index is 1.97. The molecule has 1 aromatic rings. The van der Waals surface area contributed by atoms with Gasteiger partial charge >= 0.3 is 12.0 Å². The van der Waals surface area contributed by atoms with Crippen molar-refractivity contribution in [3.63, 3.8) is 0 Å². The molecule has 0 radical (unpaired) electrons. The van der Waals surface area contributed by atoms with Crippen LogP contribution in [0.25, 0.3) is 0 Å². The van der Waals surface area contributed by atoms with Crippen molar-refractivity contribution < 1.29 is 14.7 Å². The van der Waals surface area contributed by atoms with Gasteiger partial charge in [0, 0.05) is 12.1 Å². The Morgan fingerprint density at radius 3 is 2.70 bits per heavy atom. The fourth-order valence-corrected chi connectivity index (χ4v) is 3.30. The molecular weight excluding hydrogens is 278 g/mol. The van der Waals surface area contributed by atoms with Crippen LogP contribution in [0.3, 0.4) is 0 Å². The van der Waals surface area contributed by atoms with Gasteiger partial charge in [0.05, 0.1) is 12.2 Å². The summed E-state index contributed by atoms with van der Waals surface area (Å²) in [5.74, 6) is -0.974. The molecule has 0 spiro atoms. The second-order valence-corrected chi connectivity index (χ2v) is 6.64. The molecule has 2 rings (SSSR count). The molecule has 0 bridgehead atoms. The number of aryl methyl sites for hydroxylation is 1. The van der Waals surface area contributed by atoms with Gasteiger partial charge in [-0.2, -0.15) is 0 Å². The number of hydrogen-bond acceptors (Lipinski definition) is 4. The zero-order chi connectivity index (χ0) is 14.9. The first-order valence-electron chi connectivity index (χ1n) is 6.56. The molecule has 1 fully saturated rings. The Bertz CT molecular complexity index is 539. The number of carboxylic acids is 1. The number of aromatic nitrogens is 1. The van der Waals surface area contributed by atoms with Crippen LogP contribution in [0.4, 0.5) is 4.79 Å². The standard InChI is InChI=1S/C13H19N3O3S/c1-8-10(11(17)18)20-9(15-8)7-14-12(19)16-6-4-5-13(16,2)3/h4-7H2,1-3H3,(H,14,19)(H,17,18). The van der Waals surface area contributed by atoms with Crippen molar-refractivity contribution in [3.05, 3.63) is 15.6 Å². The zero-order valence-electron chi connectivity index (χ0n) is 11.9. The summed E-state index contributed by atoms with van der Waals surface area (Å²) in [4.78, 5) is 29.3. The van der Waals surface area contributed by atoms with Gasteiger partial charge in [-0.15, -0.1) is 11.3 Å². The van der Waals surface area contributed by atoms with Crippen LogP contribution in [0.2, 0.25) is 0 Å². The van der Waals surface area contributed by atoms with Gasteiger partial charge in [0.1, 0.15) is 9.88 Å². The molecule has 7 heteroatoms. The molecule has 0 unspecified atom stereocenters. The molecule has 0 aliphatic carbocycles. The largest absolute Gasteiger partial charge is 0.477 e. The Labute approximate surface area is 121 Å². The van der Waals surface area contributed by atoms with E-state index in [1.54, 1.807) is 6.92 Å². The average Bonchev–Trinajstić information content (AvgIpc) is 2.89. The summed E-state index contributed by atoms with van der Waals surface area (Å²) in [6, 6.07) is -0.114. The van der Waals surface area contributed by atoms with Crippen molar-refractivity contribution in [2.75, 3.05) is 6.54 Å². The van der Waals surface area contributed by atoms with Gasteiger partial charge < -0.3 is 15.3 Å². The van der Waals surface area contributed by atoms with Crippen LogP contribution < -0.4 is 5.32 Å². The first kappa shape index (κ1) is 14.8. The van der Waals surface area contributed by atoms with Crippen molar-refractivity contribution in [1.82, 2.24) is 15.2 Å². The highest BCUT2D eigenvalue weighted by atomic mass is 32.1. The molecule has 2 heterocycles. The number of rotatable bonds is 3. The minimum absolute atomic E-state index is 0.114. The number of amides is 2. The van der Waals surface area contributed by atoms with E-state index >= 15 is 0 Å². The van der Waals surface area contributed by atoms with E-state index in [9.17, 15) is 9.59 Å². The lowest BCUT2D eigenvalue weighted by molar-refractivity contribution is 0.0701. The maximum Gasteiger partial charge on any atom is 0.347 e. The van der Waals surface area contributed by atoms with Crippen LogP contribution in [0.15, 0.2) is 0 Å². The molecule has 1 saturated heterocycles. The first-order valence-corrected chi connectivity index (χ1v) is 7.38. The lowest BCUT2D eigenvalue weighted by atomic mass is 10.0. The molecule has 1 aliphatic rings. The minimum Gasteiger partial charge on any atom is -0.477 e. The van der Waals surface area contributed by atoms with Gasteiger partial charge in [-0.05, 0) is 33.6 Å². The predicted molar refractivity (Wildman–Crippen MR) is 76.1 cm³/mol. The quantitative estimate of drug-likeness (QED) is 0.896. The number of aromatic carboxylic acids is 1. The molecule has 0 saturated carbocycles. The van der Waals surface area contributed by atoms with Crippen molar-refractivity contribution in [3.8, 4) is 0 Å². The lowest BCUT2D eigenvalue weighted by Gasteiger charge is -2.31. The smallest absolute Gasteiger partial charge is 0.347 e. The summed E-state index contributed by atoms with van der Waals surface area (Å²) >= 11 is 1.11. The molecule has 2 N–H and O–H groups in total. The van der Waals surface area contributed by atoms with E-state index in [1.807, 2.05) is 4.90 Å². The van der Waals surface area contributed by atoms with Crippen LogP contribution in [-0.2, 0) is 6.54 Å². The van der Waals surface area contributed by atoms with E-state index in [-0.39, 0.29) is 23.0 Å².